The number of likely N-dealkylation sites (tertiary alicyclic amines) is 1. The number of hydrogen-bond donors (Lipinski definition) is 1. The van der Waals surface area contributed by atoms with Crippen molar-refractivity contribution in [1.82, 2.24) is 10.2 Å². The molecule has 2 aromatic rings. The molecule has 2 aliphatic heterocycles. The number of nitrogens with zero attached hydrogens (tertiary/aromatic N) is 1. The number of benzene rings is 2. The molecule has 7 heteroatoms. The summed E-state index contributed by atoms with van der Waals surface area (Å²) in [7, 11) is 0. The minimum Gasteiger partial charge on any atom is -0.442 e. The largest absolute Gasteiger partial charge is 0.442 e. The number of alkyl carbamates (subject to hydrolysis) is 1. The Hall–Kier alpha value is -2.41. The minimum atomic E-state index is -0.685. The van der Waals surface area contributed by atoms with E-state index in [1.54, 1.807) is 12.1 Å². The highest BCUT2D eigenvalue weighted by Crippen LogP contribution is 2.46. The minimum absolute atomic E-state index is 0.0847. The first-order valence-electron chi connectivity index (χ1n) is 11.7. The van der Waals surface area contributed by atoms with Gasteiger partial charge in [0.2, 0.25) is 5.91 Å². The molecule has 1 N–H and O–H groups in total. The molecule has 3 aliphatic rings. The highest BCUT2D eigenvalue weighted by molar-refractivity contribution is 9.10. The lowest BCUT2D eigenvalue weighted by Crippen LogP contribution is -2.59. The van der Waals surface area contributed by atoms with Crippen LogP contribution in [-0.4, -0.2) is 42.1 Å². The summed E-state index contributed by atoms with van der Waals surface area (Å²) in [4.78, 5) is 28.1. The van der Waals surface area contributed by atoms with E-state index in [0.717, 1.165) is 41.3 Å². The second-order valence-corrected chi connectivity index (χ2v) is 10.4. The zero-order chi connectivity index (χ0) is 23.1. The van der Waals surface area contributed by atoms with Gasteiger partial charge in [-0.2, -0.15) is 0 Å². The van der Waals surface area contributed by atoms with Gasteiger partial charge in [0.1, 0.15) is 11.4 Å². The second-order valence-electron chi connectivity index (χ2n) is 9.53. The molecule has 3 fully saturated rings. The lowest BCUT2D eigenvalue weighted by molar-refractivity contribution is -0.143. The number of rotatable bonds is 3. The van der Waals surface area contributed by atoms with Crippen molar-refractivity contribution in [2.75, 3.05) is 19.6 Å². The number of ether oxygens (including phenoxy) is 1. The average Bonchev–Trinajstić information content (AvgIpc) is 3.31. The SMILES string of the molecule is O=C1NCC(c2ccc(F)cc2)C2(CCN(C(=O)C3(c4cccc(Br)c4)CCCC3)CC2)O1. The van der Waals surface area contributed by atoms with Crippen LogP contribution in [0.2, 0.25) is 0 Å². The van der Waals surface area contributed by atoms with E-state index in [1.165, 1.54) is 12.1 Å². The molecule has 0 aromatic heterocycles. The average molecular weight is 515 g/mol. The first-order valence-corrected chi connectivity index (χ1v) is 12.5. The fourth-order valence-electron chi connectivity index (χ4n) is 6.01. The number of piperidine rings is 1. The van der Waals surface area contributed by atoms with Crippen molar-refractivity contribution in [2.24, 2.45) is 0 Å². The molecule has 1 atom stereocenters. The number of carbonyl (C=O) groups is 2. The van der Waals surface area contributed by atoms with Gasteiger partial charge >= 0.3 is 6.09 Å². The van der Waals surface area contributed by atoms with Gasteiger partial charge < -0.3 is 15.0 Å². The van der Waals surface area contributed by atoms with E-state index in [4.69, 9.17) is 4.74 Å². The molecule has 2 heterocycles. The summed E-state index contributed by atoms with van der Waals surface area (Å²) in [5.74, 6) is -0.187. The number of amides is 2. The van der Waals surface area contributed by atoms with Gasteiger partial charge in [0, 0.05) is 42.9 Å². The van der Waals surface area contributed by atoms with Gasteiger partial charge in [0.25, 0.3) is 0 Å². The Morgan fingerprint density at radius 3 is 2.42 bits per heavy atom. The van der Waals surface area contributed by atoms with Crippen LogP contribution >= 0.6 is 15.9 Å². The molecule has 1 unspecified atom stereocenters. The van der Waals surface area contributed by atoms with Crippen molar-refractivity contribution in [3.8, 4) is 0 Å². The maximum absolute atomic E-state index is 13.9. The van der Waals surface area contributed by atoms with Crippen molar-refractivity contribution in [3.63, 3.8) is 0 Å². The molecular formula is C26H28BrFN2O3. The molecule has 33 heavy (non-hydrogen) atoms. The van der Waals surface area contributed by atoms with E-state index in [1.807, 2.05) is 17.0 Å². The molecule has 1 aliphatic carbocycles. The molecule has 0 bridgehead atoms. The number of nitrogens with one attached hydrogen (secondary N) is 1. The zero-order valence-corrected chi connectivity index (χ0v) is 20.1. The van der Waals surface area contributed by atoms with Gasteiger partial charge in [-0.25, -0.2) is 9.18 Å². The molecule has 174 valence electrons. The third-order valence-corrected chi connectivity index (χ3v) is 8.29. The highest BCUT2D eigenvalue weighted by atomic mass is 79.9. The van der Waals surface area contributed by atoms with Crippen molar-refractivity contribution < 1.29 is 18.7 Å². The topological polar surface area (TPSA) is 58.6 Å². The van der Waals surface area contributed by atoms with Crippen LogP contribution in [0.15, 0.2) is 53.0 Å². The van der Waals surface area contributed by atoms with E-state index in [0.29, 0.717) is 32.5 Å². The van der Waals surface area contributed by atoms with E-state index >= 15 is 0 Å². The molecule has 5 nitrogen and oxygen atoms in total. The Kier molecular flexibility index (Phi) is 5.93. The van der Waals surface area contributed by atoms with Crippen LogP contribution < -0.4 is 5.32 Å². The predicted molar refractivity (Wildman–Crippen MR) is 126 cm³/mol. The van der Waals surface area contributed by atoms with Crippen LogP contribution in [0.3, 0.4) is 0 Å². The summed E-state index contributed by atoms with van der Waals surface area (Å²) in [6.45, 7) is 1.53. The quantitative estimate of drug-likeness (QED) is 0.605. The first-order chi connectivity index (χ1) is 15.9. The monoisotopic (exact) mass is 514 g/mol. The lowest BCUT2D eigenvalue weighted by Gasteiger charge is -2.49. The summed E-state index contributed by atoms with van der Waals surface area (Å²) < 4.78 is 20.4. The lowest BCUT2D eigenvalue weighted by atomic mass is 9.73. The molecule has 1 spiro atoms. The molecule has 2 saturated heterocycles. The van der Waals surface area contributed by atoms with Crippen LogP contribution in [0.25, 0.3) is 0 Å². The third kappa shape index (κ3) is 4.05. The van der Waals surface area contributed by atoms with E-state index in [-0.39, 0.29) is 17.6 Å². The summed E-state index contributed by atoms with van der Waals surface area (Å²) in [6.07, 6.45) is 4.54. The fraction of sp³-hybridized carbons (Fsp3) is 0.462. The Morgan fingerprint density at radius 2 is 1.76 bits per heavy atom. The Labute approximate surface area is 201 Å². The molecular weight excluding hydrogens is 487 g/mol. The molecule has 1 saturated carbocycles. The van der Waals surface area contributed by atoms with Crippen LogP contribution in [0, 0.1) is 5.82 Å². The maximum atomic E-state index is 13.9. The van der Waals surface area contributed by atoms with E-state index in [9.17, 15) is 14.0 Å². The maximum Gasteiger partial charge on any atom is 0.407 e. The summed E-state index contributed by atoms with van der Waals surface area (Å²) in [5.41, 5.74) is 0.861. The molecule has 5 rings (SSSR count). The van der Waals surface area contributed by atoms with Crippen molar-refractivity contribution >= 4 is 27.9 Å². The van der Waals surface area contributed by atoms with Gasteiger partial charge in [-0.3, -0.25) is 4.79 Å². The standard InChI is InChI=1S/C26H28BrFN2O3/c27-20-5-3-4-19(16-20)25(10-1-2-11-25)23(31)30-14-12-26(13-15-30)22(17-29-24(32)33-26)18-6-8-21(28)9-7-18/h3-9,16,22H,1-2,10-15,17H2,(H,29,32). The van der Waals surface area contributed by atoms with Crippen LogP contribution in [0.4, 0.5) is 9.18 Å². The van der Waals surface area contributed by atoms with Gasteiger partial charge in [-0.05, 0) is 48.2 Å². The van der Waals surface area contributed by atoms with Crippen LogP contribution in [0.5, 0.6) is 0 Å². The second kappa shape index (κ2) is 8.75. The number of carbonyl (C=O) groups excluding carboxylic acids is 2. The Morgan fingerprint density at radius 1 is 1.06 bits per heavy atom. The zero-order valence-electron chi connectivity index (χ0n) is 18.5. The van der Waals surface area contributed by atoms with E-state index in [2.05, 4.69) is 33.4 Å². The van der Waals surface area contributed by atoms with E-state index < -0.39 is 17.1 Å². The molecule has 2 aromatic carbocycles. The molecule has 0 radical (unpaired) electrons. The highest BCUT2D eigenvalue weighted by Gasteiger charge is 2.51. The third-order valence-electron chi connectivity index (χ3n) is 7.79. The van der Waals surface area contributed by atoms with Crippen LogP contribution in [-0.2, 0) is 14.9 Å². The van der Waals surface area contributed by atoms with Crippen LogP contribution in [0.1, 0.15) is 55.6 Å². The van der Waals surface area contributed by atoms with Gasteiger partial charge in [-0.1, -0.05) is 53.0 Å². The van der Waals surface area contributed by atoms with Crippen molar-refractivity contribution in [1.29, 1.82) is 0 Å². The Balaban J connectivity index is 1.38. The predicted octanol–water partition coefficient (Wildman–Crippen LogP) is 5.28. The fourth-order valence-corrected chi connectivity index (χ4v) is 6.41. The van der Waals surface area contributed by atoms with Crippen molar-refractivity contribution in [3.05, 3.63) is 69.9 Å². The summed E-state index contributed by atoms with van der Waals surface area (Å²) in [5, 5.41) is 2.79. The first kappa shape index (κ1) is 22.4. The van der Waals surface area contributed by atoms with Crippen molar-refractivity contribution in [2.45, 2.75) is 55.5 Å². The number of hydrogen-bond acceptors (Lipinski definition) is 3. The smallest absolute Gasteiger partial charge is 0.407 e. The Bertz CT molecular complexity index is 1040. The van der Waals surface area contributed by atoms with Gasteiger partial charge in [0.05, 0.1) is 5.41 Å². The molecule has 2 amide bonds. The normalized spacial score (nSPS) is 23.8. The van der Waals surface area contributed by atoms with Gasteiger partial charge in [-0.15, -0.1) is 0 Å². The van der Waals surface area contributed by atoms with Gasteiger partial charge in [0.15, 0.2) is 0 Å². The summed E-state index contributed by atoms with van der Waals surface area (Å²) >= 11 is 3.56. The number of halogens is 2. The summed E-state index contributed by atoms with van der Waals surface area (Å²) in [6, 6.07) is 14.6.